The van der Waals surface area contributed by atoms with Crippen LogP contribution in [-0.2, 0) is 9.59 Å². The summed E-state index contributed by atoms with van der Waals surface area (Å²) < 4.78 is 0. The fourth-order valence-electron chi connectivity index (χ4n) is 2.87. The minimum atomic E-state index is -0.260. The molecule has 0 aromatic rings. The maximum atomic E-state index is 12.8. The Kier molecular flexibility index (Phi) is 6.28. The molecule has 0 bridgehead atoms. The van der Waals surface area contributed by atoms with Crippen LogP contribution < -0.4 is 10.6 Å². The number of hydrogen-bond donors (Lipinski definition) is 2. The highest BCUT2D eigenvalue weighted by Gasteiger charge is 2.41. The summed E-state index contributed by atoms with van der Waals surface area (Å²) in [5, 5.41) is 5.90. The van der Waals surface area contributed by atoms with Crippen molar-refractivity contribution in [3.63, 3.8) is 0 Å². The molecule has 1 rings (SSSR count). The Morgan fingerprint density at radius 2 is 1.89 bits per heavy atom. The van der Waals surface area contributed by atoms with Crippen molar-refractivity contribution in [3.8, 4) is 0 Å². The van der Waals surface area contributed by atoms with E-state index in [4.69, 9.17) is 0 Å². The molecule has 0 aromatic carbocycles. The summed E-state index contributed by atoms with van der Waals surface area (Å²) in [5.74, 6) is 0.0535. The summed E-state index contributed by atoms with van der Waals surface area (Å²) in [6.45, 7) is 6.59. The molecule has 0 unspecified atom stereocenters. The van der Waals surface area contributed by atoms with Gasteiger partial charge in [0.1, 0.15) is 0 Å². The van der Waals surface area contributed by atoms with Crippen LogP contribution >= 0.6 is 0 Å². The van der Waals surface area contributed by atoms with E-state index in [0.29, 0.717) is 6.54 Å². The number of rotatable bonds is 6. The Hall–Kier alpha value is -1.10. The first-order chi connectivity index (χ1) is 9.09. The molecule has 19 heavy (non-hydrogen) atoms. The number of nitrogens with zero attached hydrogens (tertiary/aromatic N) is 1. The molecule has 1 aliphatic rings. The smallest absolute Gasteiger partial charge is 0.239 e. The predicted octanol–water partition coefficient (Wildman–Crippen LogP) is 0.751. The van der Waals surface area contributed by atoms with Crippen LogP contribution in [0.3, 0.4) is 0 Å². The van der Waals surface area contributed by atoms with Crippen LogP contribution in [0.5, 0.6) is 0 Å². The van der Waals surface area contributed by atoms with Crippen molar-refractivity contribution in [2.24, 2.45) is 5.41 Å². The van der Waals surface area contributed by atoms with Crippen LogP contribution in [-0.4, -0.2) is 49.9 Å². The maximum absolute atomic E-state index is 12.8. The van der Waals surface area contributed by atoms with Gasteiger partial charge in [0.15, 0.2) is 0 Å². The zero-order valence-corrected chi connectivity index (χ0v) is 12.4. The van der Waals surface area contributed by atoms with Gasteiger partial charge in [0.25, 0.3) is 0 Å². The summed E-state index contributed by atoms with van der Waals surface area (Å²) in [7, 11) is 1.60. The third-order valence-electron chi connectivity index (χ3n) is 4.03. The third kappa shape index (κ3) is 3.93. The number of nitrogens with one attached hydrogen (secondary N) is 2. The predicted molar refractivity (Wildman–Crippen MR) is 75.8 cm³/mol. The first-order valence-corrected chi connectivity index (χ1v) is 7.30. The van der Waals surface area contributed by atoms with Gasteiger partial charge in [-0.15, -0.1) is 0 Å². The van der Waals surface area contributed by atoms with E-state index in [9.17, 15) is 9.59 Å². The van der Waals surface area contributed by atoms with Crippen molar-refractivity contribution in [1.29, 1.82) is 0 Å². The zero-order chi connectivity index (χ0) is 14.3. The highest BCUT2D eigenvalue weighted by atomic mass is 16.2. The number of carbonyl (C=O) groups excluding carboxylic acids is 2. The van der Waals surface area contributed by atoms with Crippen molar-refractivity contribution in [3.05, 3.63) is 0 Å². The van der Waals surface area contributed by atoms with Crippen molar-refractivity contribution in [2.75, 3.05) is 33.2 Å². The van der Waals surface area contributed by atoms with Crippen molar-refractivity contribution in [1.82, 2.24) is 15.5 Å². The number of piperidine rings is 1. The minimum absolute atomic E-state index is 0.101. The molecule has 1 aliphatic heterocycles. The highest BCUT2D eigenvalue weighted by Crippen LogP contribution is 2.36. The Labute approximate surface area is 116 Å². The fraction of sp³-hybridized carbons (Fsp3) is 0.857. The summed E-state index contributed by atoms with van der Waals surface area (Å²) in [6, 6.07) is 0. The molecule has 5 heteroatoms. The first-order valence-electron chi connectivity index (χ1n) is 7.30. The van der Waals surface area contributed by atoms with Gasteiger partial charge in [0.2, 0.25) is 11.8 Å². The Morgan fingerprint density at radius 3 is 2.37 bits per heavy atom. The molecule has 0 aromatic heterocycles. The van der Waals surface area contributed by atoms with Gasteiger partial charge in [-0.1, -0.05) is 13.3 Å². The number of amides is 2. The van der Waals surface area contributed by atoms with E-state index in [1.807, 2.05) is 6.92 Å². The standard InChI is InChI=1S/C14H27N3O2/c1-4-6-14(7-9-16-10-8-14)13(19)17(5-2)11-12(18)15-3/h16H,4-11H2,1-3H3,(H,15,18). The minimum Gasteiger partial charge on any atom is -0.358 e. The Balaban J connectivity index is 2.81. The topological polar surface area (TPSA) is 61.4 Å². The van der Waals surface area contributed by atoms with E-state index in [2.05, 4.69) is 17.6 Å². The normalized spacial score (nSPS) is 17.8. The molecule has 0 aliphatic carbocycles. The molecular formula is C14H27N3O2. The van der Waals surface area contributed by atoms with Crippen LogP contribution in [0, 0.1) is 5.41 Å². The van der Waals surface area contributed by atoms with Gasteiger partial charge in [-0.2, -0.15) is 0 Å². The van der Waals surface area contributed by atoms with Crippen LogP contribution in [0.4, 0.5) is 0 Å². The van der Waals surface area contributed by atoms with E-state index in [-0.39, 0.29) is 23.8 Å². The first kappa shape index (κ1) is 16.0. The lowest BCUT2D eigenvalue weighted by atomic mass is 9.74. The lowest BCUT2D eigenvalue weighted by Crippen LogP contribution is -2.51. The van der Waals surface area contributed by atoms with Crippen LogP contribution in [0.15, 0.2) is 0 Å². The van der Waals surface area contributed by atoms with Crippen molar-refractivity contribution >= 4 is 11.8 Å². The van der Waals surface area contributed by atoms with E-state index >= 15 is 0 Å². The SMILES string of the molecule is CCCC1(C(=O)N(CC)CC(=O)NC)CCNCC1. The van der Waals surface area contributed by atoms with Crippen LogP contribution in [0.2, 0.25) is 0 Å². The van der Waals surface area contributed by atoms with Gasteiger partial charge < -0.3 is 15.5 Å². The lowest BCUT2D eigenvalue weighted by molar-refractivity contribution is -0.146. The second kappa shape index (κ2) is 7.48. The van der Waals surface area contributed by atoms with E-state index < -0.39 is 0 Å². The zero-order valence-electron chi connectivity index (χ0n) is 12.4. The van der Waals surface area contributed by atoms with E-state index in [0.717, 1.165) is 38.8 Å². The van der Waals surface area contributed by atoms with Gasteiger partial charge in [-0.05, 0) is 39.3 Å². The molecule has 1 heterocycles. The second-order valence-corrected chi connectivity index (χ2v) is 5.27. The molecule has 2 amide bonds. The summed E-state index contributed by atoms with van der Waals surface area (Å²) in [6.07, 6.45) is 3.68. The number of likely N-dealkylation sites (N-methyl/N-ethyl adjacent to an activating group) is 2. The molecule has 0 saturated carbocycles. The Bertz CT molecular complexity index is 306. The van der Waals surface area contributed by atoms with Gasteiger partial charge >= 0.3 is 0 Å². The van der Waals surface area contributed by atoms with Gasteiger partial charge in [0, 0.05) is 13.6 Å². The molecule has 0 radical (unpaired) electrons. The van der Waals surface area contributed by atoms with Crippen LogP contribution in [0.1, 0.15) is 39.5 Å². The molecule has 0 atom stereocenters. The largest absolute Gasteiger partial charge is 0.358 e. The number of hydrogen-bond acceptors (Lipinski definition) is 3. The van der Waals surface area contributed by atoms with E-state index in [1.165, 1.54) is 0 Å². The average molecular weight is 269 g/mol. The molecule has 1 fully saturated rings. The van der Waals surface area contributed by atoms with Crippen molar-refractivity contribution < 1.29 is 9.59 Å². The van der Waals surface area contributed by atoms with Gasteiger partial charge in [0.05, 0.1) is 12.0 Å². The average Bonchev–Trinajstić information content (AvgIpc) is 2.45. The quantitative estimate of drug-likeness (QED) is 0.748. The monoisotopic (exact) mass is 269 g/mol. The van der Waals surface area contributed by atoms with E-state index in [1.54, 1.807) is 11.9 Å². The lowest BCUT2D eigenvalue weighted by Gasteiger charge is -2.39. The molecule has 110 valence electrons. The third-order valence-corrected chi connectivity index (χ3v) is 4.03. The van der Waals surface area contributed by atoms with Gasteiger partial charge in [-0.25, -0.2) is 0 Å². The second-order valence-electron chi connectivity index (χ2n) is 5.27. The molecule has 2 N–H and O–H groups in total. The summed E-state index contributed by atoms with van der Waals surface area (Å²) in [5.41, 5.74) is -0.260. The van der Waals surface area contributed by atoms with Crippen LogP contribution in [0.25, 0.3) is 0 Å². The highest BCUT2D eigenvalue weighted by molar-refractivity contribution is 5.88. The summed E-state index contributed by atoms with van der Waals surface area (Å²) >= 11 is 0. The van der Waals surface area contributed by atoms with Gasteiger partial charge in [-0.3, -0.25) is 9.59 Å². The summed E-state index contributed by atoms with van der Waals surface area (Å²) in [4.78, 5) is 26.0. The molecule has 0 spiro atoms. The Morgan fingerprint density at radius 1 is 1.26 bits per heavy atom. The molecule has 5 nitrogen and oxygen atoms in total. The number of carbonyl (C=O) groups is 2. The molecular weight excluding hydrogens is 242 g/mol. The molecule has 1 saturated heterocycles. The fourth-order valence-corrected chi connectivity index (χ4v) is 2.87. The van der Waals surface area contributed by atoms with Crippen molar-refractivity contribution in [2.45, 2.75) is 39.5 Å². The maximum Gasteiger partial charge on any atom is 0.239 e.